The summed E-state index contributed by atoms with van der Waals surface area (Å²) < 4.78 is 6.58. The zero-order valence-corrected chi connectivity index (χ0v) is 18.7. The fourth-order valence-electron chi connectivity index (χ4n) is 3.57. The number of aromatic hydroxyl groups is 2. The van der Waals surface area contributed by atoms with Crippen molar-refractivity contribution < 1.29 is 15.4 Å². The summed E-state index contributed by atoms with van der Waals surface area (Å²) in [7, 11) is 0. The number of phenolic OH excluding ortho intramolecular Hbond substituents is 1. The minimum atomic E-state index is -0.575. The van der Waals surface area contributed by atoms with Crippen LogP contribution in [-0.2, 0) is 6.54 Å². The number of hydrogen-bond acceptors (Lipinski definition) is 8. The van der Waals surface area contributed by atoms with Crippen LogP contribution in [0.2, 0.25) is 0 Å². The lowest BCUT2D eigenvalue weighted by Gasteiger charge is -2.26. The third kappa shape index (κ3) is 3.32. The molecule has 0 amide bonds. The van der Waals surface area contributed by atoms with Gasteiger partial charge in [0.05, 0.1) is 16.8 Å². The van der Waals surface area contributed by atoms with Crippen molar-refractivity contribution in [2.24, 2.45) is 4.40 Å². The predicted molar refractivity (Wildman–Crippen MR) is 126 cm³/mol. The Morgan fingerprint density at radius 1 is 1.03 bits per heavy atom. The molecule has 0 aliphatic carbocycles. The summed E-state index contributed by atoms with van der Waals surface area (Å²) in [5.41, 5.74) is 0.480. The summed E-state index contributed by atoms with van der Waals surface area (Å²) in [4.78, 5) is 18.4. The van der Waals surface area contributed by atoms with Crippen LogP contribution in [0, 0.1) is 0 Å². The van der Waals surface area contributed by atoms with Crippen molar-refractivity contribution in [3.8, 4) is 11.5 Å². The van der Waals surface area contributed by atoms with Crippen molar-refractivity contribution in [1.82, 2.24) is 9.55 Å². The summed E-state index contributed by atoms with van der Waals surface area (Å²) in [6.45, 7) is 0.195. The number of amidine groups is 1. The van der Waals surface area contributed by atoms with Gasteiger partial charge in [-0.15, -0.1) is 0 Å². The molecule has 1 aliphatic heterocycles. The molecule has 10 heteroatoms. The average molecular weight is 511 g/mol. The monoisotopic (exact) mass is 510 g/mol. The number of pyridine rings is 2. The van der Waals surface area contributed by atoms with Crippen LogP contribution in [0.1, 0.15) is 11.1 Å². The van der Waals surface area contributed by atoms with Crippen LogP contribution in [0.25, 0.3) is 11.0 Å². The highest BCUT2D eigenvalue weighted by Gasteiger charge is 2.31. The van der Waals surface area contributed by atoms with Gasteiger partial charge in [0.2, 0.25) is 0 Å². The second-order valence-electron chi connectivity index (χ2n) is 7.06. The standard InChI is InChI=1S/C22H15BrN4O4S/c23-13-8-6-12(7-9-13)11-26-20-14(3-2-10-24-20)19(29)17(22(26)30)21-25-32-16-5-1-4-15(28)18(16)27(21)31/h1-10,28-29,31H,11H2. The summed E-state index contributed by atoms with van der Waals surface area (Å²) >= 11 is 4.39. The first-order valence-corrected chi connectivity index (χ1v) is 11.0. The van der Waals surface area contributed by atoms with Gasteiger partial charge >= 0.3 is 0 Å². The summed E-state index contributed by atoms with van der Waals surface area (Å²) in [5.74, 6) is -0.703. The summed E-state index contributed by atoms with van der Waals surface area (Å²) in [5, 5.41) is 33.0. The molecule has 160 valence electrons. The lowest BCUT2D eigenvalue weighted by atomic mass is 10.1. The molecule has 8 nitrogen and oxygen atoms in total. The van der Waals surface area contributed by atoms with Gasteiger partial charge in [0.1, 0.15) is 28.4 Å². The second-order valence-corrected chi connectivity index (χ2v) is 8.78. The third-order valence-electron chi connectivity index (χ3n) is 5.09. The number of anilines is 1. The van der Waals surface area contributed by atoms with Gasteiger partial charge in [-0.3, -0.25) is 14.6 Å². The Kier molecular flexibility index (Phi) is 5.12. The zero-order valence-electron chi connectivity index (χ0n) is 16.3. The van der Waals surface area contributed by atoms with Crippen molar-refractivity contribution in [2.75, 3.05) is 5.06 Å². The molecule has 0 spiro atoms. The zero-order chi connectivity index (χ0) is 22.4. The number of hydrogen-bond donors (Lipinski definition) is 3. The van der Waals surface area contributed by atoms with E-state index in [1.807, 2.05) is 24.3 Å². The maximum Gasteiger partial charge on any atom is 0.267 e. The highest BCUT2D eigenvalue weighted by Crippen LogP contribution is 2.42. The van der Waals surface area contributed by atoms with Gasteiger partial charge < -0.3 is 10.2 Å². The number of rotatable bonds is 3. The van der Waals surface area contributed by atoms with Crippen molar-refractivity contribution in [3.63, 3.8) is 0 Å². The summed E-state index contributed by atoms with van der Waals surface area (Å²) in [6, 6.07) is 15.5. The molecule has 0 unspecified atom stereocenters. The molecule has 5 rings (SSSR count). The van der Waals surface area contributed by atoms with Gasteiger partial charge in [-0.05, 0) is 42.0 Å². The molecule has 4 aromatic rings. The fourth-order valence-corrected chi connectivity index (χ4v) is 4.61. The molecule has 0 radical (unpaired) electrons. The van der Waals surface area contributed by atoms with Crippen LogP contribution in [0.3, 0.4) is 0 Å². The van der Waals surface area contributed by atoms with E-state index >= 15 is 0 Å². The number of phenols is 1. The van der Waals surface area contributed by atoms with Gasteiger partial charge in [-0.1, -0.05) is 34.1 Å². The first-order valence-electron chi connectivity index (χ1n) is 9.47. The van der Waals surface area contributed by atoms with Crippen molar-refractivity contribution in [3.05, 3.63) is 86.7 Å². The van der Waals surface area contributed by atoms with Gasteiger partial charge in [-0.2, -0.15) is 9.46 Å². The van der Waals surface area contributed by atoms with Crippen molar-refractivity contribution in [2.45, 2.75) is 11.4 Å². The number of benzene rings is 2. The lowest BCUT2D eigenvalue weighted by molar-refractivity contribution is 0.304. The summed E-state index contributed by atoms with van der Waals surface area (Å²) in [6.07, 6.45) is 1.54. The Hall–Kier alpha value is -3.34. The minimum Gasteiger partial charge on any atom is -0.506 e. The van der Waals surface area contributed by atoms with Crippen LogP contribution < -0.4 is 10.6 Å². The number of halogens is 1. The first-order chi connectivity index (χ1) is 15.5. The molecule has 2 aromatic carbocycles. The highest BCUT2D eigenvalue weighted by molar-refractivity contribution is 9.10. The molecular weight excluding hydrogens is 496 g/mol. The number of nitrogens with zero attached hydrogens (tertiary/aromatic N) is 4. The SMILES string of the molecule is O=c1c(C2=NSc3cccc(O)c3N2O)c(O)c2cccnc2n1Cc1ccc(Br)cc1. The van der Waals surface area contributed by atoms with Crippen LogP contribution in [0.5, 0.6) is 11.5 Å². The molecule has 0 bridgehead atoms. The Balaban J connectivity index is 1.72. The number of fused-ring (bicyclic) bond motifs is 2. The van der Waals surface area contributed by atoms with Crippen molar-refractivity contribution in [1.29, 1.82) is 0 Å². The van der Waals surface area contributed by atoms with E-state index in [1.54, 1.807) is 30.5 Å². The molecule has 2 aromatic heterocycles. The molecule has 0 atom stereocenters. The van der Waals surface area contributed by atoms with Crippen LogP contribution >= 0.6 is 27.9 Å². The normalized spacial score (nSPS) is 13.2. The van der Waals surface area contributed by atoms with E-state index in [1.165, 1.54) is 10.6 Å². The highest BCUT2D eigenvalue weighted by atomic mass is 79.9. The lowest BCUT2D eigenvalue weighted by Crippen LogP contribution is -2.37. The third-order valence-corrected chi connectivity index (χ3v) is 6.41. The molecular formula is C22H15BrN4O4S. The van der Waals surface area contributed by atoms with Gasteiger partial charge in [-0.25, -0.2) is 4.98 Å². The van der Waals surface area contributed by atoms with Crippen LogP contribution in [0.4, 0.5) is 5.69 Å². The Bertz CT molecular complexity index is 1450. The van der Waals surface area contributed by atoms with E-state index in [2.05, 4.69) is 25.3 Å². The van der Waals surface area contributed by atoms with E-state index in [9.17, 15) is 20.2 Å². The quantitative estimate of drug-likeness (QED) is 0.352. The largest absolute Gasteiger partial charge is 0.506 e. The van der Waals surface area contributed by atoms with Gasteiger partial charge in [0.15, 0.2) is 5.84 Å². The van der Waals surface area contributed by atoms with E-state index in [-0.39, 0.29) is 35.1 Å². The minimum absolute atomic E-state index is 0.0899. The Labute approximate surface area is 194 Å². The molecule has 1 aliphatic rings. The first kappa shape index (κ1) is 20.6. The van der Waals surface area contributed by atoms with E-state index < -0.39 is 5.56 Å². The molecule has 0 fully saturated rings. The van der Waals surface area contributed by atoms with Gasteiger partial charge in [0, 0.05) is 22.6 Å². The molecule has 32 heavy (non-hydrogen) atoms. The Morgan fingerprint density at radius 2 is 1.81 bits per heavy atom. The second kappa shape index (κ2) is 7.97. The van der Waals surface area contributed by atoms with Crippen LogP contribution in [-0.4, -0.2) is 30.8 Å². The molecule has 3 N–H and O–H groups in total. The number of hydroxylamine groups is 1. The average Bonchev–Trinajstić information content (AvgIpc) is 2.79. The van der Waals surface area contributed by atoms with Crippen LogP contribution in [0.15, 0.2) is 79.4 Å². The topological polar surface area (TPSA) is 111 Å². The molecule has 0 saturated carbocycles. The van der Waals surface area contributed by atoms with E-state index in [4.69, 9.17) is 0 Å². The smallest absolute Gasteiger partial charge is 0.267 e. The molecule has 3 heterocycles. The number of para-hydroxylation sites is 1. The van der Waals surface area contributed by atoms with Gasteiger partial charge in [0.25, 0.3) is 5.56 Å². The van der Waals surface area contributed by atoms with E-state index in [0.717, 1.165) is 22.0 Å². The maximum absolute atomic E-state index is 13.6. The van der Waals surface area contributed by atoms with E-state index in [0.29, 0.717) is 21.0 Å². The van der Waals surface area contributed by atoms with Crippen molar-refractivity contribution >= 4 is 50.4 Å². The predicted octanol–water partition coefficient (Wildman–Crippen LogP) is 4.28. The fraction of sp³-hybridized carbons (Fsp3) is 0.0455. The maximum atomic E-state index is 13.6. The number of aromatic nitrogens is 2. The molecule has 0 saturated heterocycles. The Morgan fingerprint density at radius 3 is 2.59 bits per heavy atom.